The van der Waals surface area contributed by atoms with Gasteiger partial charge in [-0.2, -0.15) is 0 Å². The highest BCUT2D eigenvalue weighted by molar-refractivity contribution is 5.84. The molecule has 0 radical (unpaired) electrons. The van der Waals surface area contributed by atoms with E-state index in [0.717, 1.165) is 0 Å². The Kier molecular flexibility index (Phi) is 9.31. The van der Waals surface area contributed by atoms with Gasteiger partial charge in [0.15, 0.2) is 0 Å². The van der Waals surface area contributed by atoms with Crippen LogP contribution in [0.4, 0.5) is 0 Å². The summed E-state index contributed by atoms with van der Waals surface area (Å²) in [5.41, 5.74) is 5.37. The molecule has 0 aliphatic heterocycles. The summed E-state index contributed by atoms with van der Waals surface area (Å²) in [6, 6.07) is 0. The van der Waals surface area contributed by atoms with Crippen LogP contribution < -0.4 is 16.4 Å². The number of rotatable bonds is 9. The Labute approximate surface area is 101 Å². The molecule has 2 amide bonds. The average molecular weight is 247 g/mol. The number of ether oxygens (including phenoxy) is 2. The molecule has 100 valence electrons. The number of hydrogen-bond donors (Lipinski definition) is 3. The molecule has 1 unspecified atom stereocenters. The van der Waals surface area contributed by atoms with Crippen LogP contribution in [0.5, 0.6) is 0 Å². The van der Waals surface area contributed by atoms with Crippen LogP contribution in [0.3, 0.4) is 0 Å². The van der Waals surface area contributed by atoms with Crippen molar-refractivity contribution in [3.8, 4) is 0 Å². The molecule has 7 nitrogen and oxygen atoms in total. The Balaban J connectivity index is 3.65. The van der Waals surface area contributed by atoms with E-state index in [1.165, 1.54) is 7.11 Å². The molecule has 0 saturated heterocycles. The maximum atomic E-state index is 11.4. The molecular weight excluding hydrogens is 226 g/mol. The third kappa shape index (κ3) is 8.61. The van der Waals surface area contributed by atoms with Crippen molar-refractivity contribution in [3.05, 3.63) is 0 Å². The van der Waals surface area contributed by atoms with Crippen LogP contribution in [0.25, 0.3) is 0 Å². The number of methoxy groups -OCH3 is 2. The van der Waals surface area contributed by atoms with Crippen molar-refractivity contribution in [1.82, 2.24) is 10.6 Å². The van der Waals surface area contributed by atoms with Crippen LogP contribution in [-0.4, -0.2) is 58.4 Å². The molecule has 0 aromatic rings. The monoisotopic (exact) mass is 247 g/mol. The van der Waals surface area contributed by atoms with Gasteiger partial charge in [0, 0.05) is 27.3 Å². The standard InChI is InChI=1S/C10H21N3O4/c1-16-4-3-12-10(15)7-13-9(14)5-8(6-11)17-2/h8H,3-7,11H2,1-2H3,(H,12,15)(H,13,14). The van der Waals surface area contributed by atoms with E-state index in [2.05, 4.69) is 10.6 Å². The van der Waals surface area contributed by atoms with Gasteiger partial charge in [0.05, 0.1) is 25.7 Å². The summed E-state index contributed by atoms with van der Waals surface area (Å²) in [6.45, 7) is 1.08. The Morgan fingerprint density at radius 1 is 1.24 bits per heavy atom. The molecule has 0 aromatic carbocycles. The number of nitrogens with one attached hydrogen (secondary N) is 2. The zero-order valence-electron chi connectivity index (χ0n) is 10.3. The highest BCUT2D eigenvalue weighted by Gasteiger charge is 2.11. The van der Waals surface area contributed by atoms with Crippen LogP contribution in [-0.2, 0) is 19.1 Å². The molecular formula is C10H21N3O4. The van der Waals surface area contributed by atoms with Gasteiger partial charge in [-0.25, -0.2) is 0 Å². The number of hydrogen-bond acceptors (Lipinski definition) is 5. The maximum Gasteiger partial charge on any atom is 0.239 e. The lowest BCUT2D eigenvalue weighted by atomic mass is 10.2. The Bertz CT molecular complexity index is 232. The molecule has 0 aliphatic carbocycles. The maximum absolute atomic E-state index is 11.4. The summed E-state index contributed by atoms with van der Waals surface area (Å²) in [4.78, 5) is 22.6. The quantitative estimate of drug-likeness (QED) is 0.418. The molecule has 0 fully saturated rings. The van der Waals surface area contributed by atoms with Crippen molar-refractivity contribution >= 4 is 11.8 Å². The second-order valence-corrected chi connectivity index (χ2v) is 3.42. The molecule has 0 aromatic heterocycles. The van der Waals surface area contributed by atoms with Crippen LogP contribution in [0.1, 0.15) is 6.42 Å². The lowest BCUT2D eigenvalue weighted by molar-refractivity contribution is -0.127. The first-order valence-electron chi connectivity index (χ1n) is 5.39. The van der Waals surface area contributed by atoms with Crippen molar-refractivity contribution in [1.29, 1.82) is 0 Å². The molecule has 0 rings (SSSR count). The SMILES string of the molecule is COCCNC(=O)CNC(=O)CC(CN)OC. The van der Waals surface area contributed by atoms with Crippen molar-refractivity contribution in [2.24, 2.45) is 5.73 Å². The van der Waals surface area contributed by atoms with E-state index in [1.807, 2.05) is 0 Å². The van der Waals surface area contributed by atoms with Gasteiger partial charge >= 0.3 is 0 Å². The number of carbonyl (C=O) groups is 2. The first-order valence-corrected chi connectivity index (χ1v) is 5.39. The zero-order valence-corrected chi connectivity index (χ0v) is 10.3. The third-order valence-corrected chi connectivity index (χ3v) is 2.08. The van der Waals surface area contributed by atoms with Crippen LogP contribution in [0.2, 0.25) is 0 Å². The van der Waals surface area contributed by atoms with Gasteiger partial charge in [-0.3, -0.25) is 9.59 Å². The first kappa shape index (κ1) is 15.8. The first-order chi connectivity index (χ1) is 8.13. The summed E-state index contributed by atoms with van der Waals surface area (Å²) in [5, 5.41) is 5.07. The van der Waals surface area contributed by atoms with Gasteiger partial charge in [0.25, 0.3) is 0 Å². The minimum absolute atomic E-state index is 0.0520. The smallest absolute Gasteiger partial charge is 0.239 e. The topological polar surface area (TPSA) is 103 Å². The summed E-state index contributed by atoms with van der Waals surface area (Å²) in [6.07, 6.45) is -0.162. The van der Waals surface area contributed by atoms with Gasteiger partial charge in [-0.05, 0) is 0 Å². The minimum Gasteiger partial charge on any atom is -0.383 e. The van der Waals surface area contributed by atoms with Crippen LogP contribution in [0, 0.1) is 0 Å². The number of carbonyl (C=O) groups excluding carboxylic acids is 2. The fourth-order valence-corrected chi connectivity index (χ4v) is 1.08. The van der Waals surface area contributed by atoms with Crippen molar-refractivity contribution in [2.45, 2.75) is 12.5 Å². The number of nitrogens with two attached hydrogens (primary N) is 1. The molecule has 0 aliphatic rings. The minimum atomic E-state index is -0.313. The summed E-state index contributed by atoms with van der Waals surface area (Å²) in [7, 11) is 3.04. The van der Waals surface area contributed by atoms with Crippen LogP contribution in [0.15, 0.2) is 0 Å². The van der Waals surface area contributed by atoms with E-state index in [9.17, 15) is 9.59 Å². The molecule has 0 spiro atoms. The fraction of sp³-hybridized carbons (Fsp3) is 0.800. The Morgan fingerprint density at radius 3 is 2.47 bits per heavy atom. The van der Waals surface area contributed by atoms with Crippen molar-refractivity contribution in [2.75, 3.05) is 40.5 Å². The van der Waals surface area contributed by atoms with Crippen molar-refractivity contribution < 1.29 is 19.1 Å². The fourth-order valence-electron chi connectivity index (χ4n) is 1.08. The zero-order chi connectivity index (χ0) is 13.1. The van der Waals surface area contributed by atoms with E-state index in [-0.39, 0.29) is 37.4 Å². The van der Waals surface area contributed by atoms with Gasteiger partial charge in [0.2, 0.25) is 11.8 Å². The molecule has 17 heavy (non-hydrogen) atoms. The average Bonchev–Trinajstić information content (AvgIpc) is 2.33. The van der Waals surface area contributed by atoms with E-state index < -0.39 is 0 Å². The van der Waals surface area contributed by atoms with Gasteiger partial charge in [-0.15, -0.1) is 0 Å². The summed E-state index contributed by atoms with van der Waals surface area (Å²) >= 11 is 0. The lowest BCUT2D eigenvalue weighted by Crippen LogP contribution is -2.40. The van der Waals surface area contributed by atoms with Gasteiger partial charge < -0.3 is 25.8 Å². The normalized spacial score (nSPS) is 11.9. The summed E-state index contributed by atoms with van der Waals surface area (Å²) in [5.74, 6) is -0.513. The number of amides is 2. The van der Waals surface area contributed by atoms with Gasteiger partial charge in [-0.1, -0.05) is 0 Å². The Hall–Kier alpha value is -1.18. The predicted octanol–water partition coefficient (Wildman–Crippen LogP) is -1.77. The van der Waals surface area contributed by atoms with Crippen molar-refractivity contribution in [3.63, 3.8) is 0 Å². The highest BCUT2D eigenvalue weighted by Crippen LogP contribution is 1.93. The summed E-state index contributed by atoms with van der Waals surface area (Å²) < 4.78 is 9.72. The highest BCUT2D eigenvalue weighted by atomic mass is 16.5. The van der Waals surface area contributed by atoms with E-state index in [1.54, 1.807) is 7.11 Å². The molecule has 1 atom stereocenters. The third-order valence-electron chi connectivity index (χ3n) is 2.08. The molecule has 0 bridgehead atoms. The predicted molar refractivity (Wildman–Crippen MR) is 62.4 cm³/mol. The molecule has 4 N–H and O–H groups in total. The van der Waals surface area contributed by atoms with Crippen LogP contribution >= 0.6 is 0 Å². The Morgan fingerprint density at radius 2 is 1.94 bits per heavy atom. The molecule has 0 heterocycles. The molecule has 0 saturated carbocycles. The van der Waals surface area contributed by atoms with E-state index >= 15 is 0 Å². The molecule has 7 heteroatoms. The van der Waals surface area contributed by atoms with E-state index in [4.69, 9.17) is 15.2 Å². The lowest BCUT2D eigenvalue weighted by Gasteiger charge is -2.12. The van der Waals surface area contributed by atoms with E-state index in [0.29, 0.717) is 13.2 Å². The second-order valence-electron chi connectivity index (χ2n) is 3.42. The largest absolute Gasteiger partial charge is 0.383 e. The van der Waals surface area contributed by atoms with Gasteiger partial charge in [0.1, 0.15) is 0 Å². The second kappa shape index (κ2) is 10.0.